The molecule has 2 heterocycles. The second kappa shape index (κ2) is 8.60. The molecular weight excluding hydrogens is 417 g/mol. The maximum atomic E-state index is 12.7. The summed E-state index contributed by atoms with van der Waals surface area (Å²) in [6, 6.07) is 9.06. The van der Waals surface area contributed by atoms with E-state index in [2.05, 4.69) is 4.98 Å². The summed E-state index contributed by atoms with van der Waals surface area (Å²) in [4.78, 5) is 17.1. The number of carbonyl (C=O) groups is 1. The number of fused-ring (bicyclic) bond motifs is 1. The molecule has 0 fully saturated rings. The van der Waals surface area contributed by atoms with E-state index in [9.17, 15) is 10.1 Å². The maximum Gasteiger partial charge on any atom is 0.338 e. The Labute approximate surface area is 177 Å². The number of rotatable bonds is 5. The van der Waals surface area contributed by atoms with Crippen molar-refractivity contribution in [1.29, 1.82) is 5.26 Å². The third kappa shape index (κ3) is 3.82. The van der Waals surface area contributed by atoms with Crippen LogP contribution in [0.1, 0.15) is 18.4 Å². The number of methoxy groups -OCH3 is 1. The minimum absolute atomic E-state index is 0.0264. The zero-order chi connectivity index (χ0) is 21.1. The van der Waals surface area contributed by atoms with Gasteiger partial charge in [0.2, 0.25) is 5.88 Å². The first-order valence-electron chi connectivity index (χ1n) is 8.63. The van der Waals surface area contributed by atoms with Crippen LogP contribution in [-0.4, -0.2) is 30.5 Å². The zero-order valence-electron chi connectivity index (χ0n) is 15.7. The lowest BCUT2D eigenvalue weighted by Crippen LogP contribution is -2.27. The Hall–Kier alpha value is -2.95. The molecular formula is C20H17Cl2N3O4. The van der Waals surface area contributed by atoms with Gasteiger partial charge in [0.15, 0.2) is 0 Å². The smallest absolute Gasteiger partial charge is 0.338 e. The highest BCUT2D eigenvalue weighted by Gasteiger charge is 2.38. The molecule has 7 nitrogen and oxygen atoms in total. The van der Waals surface area contributed by atoms with E-state index in [1.807, 2.05) is 6.07 Å². The fourth-order valence-corrected chi connectivity index (χ4v) is 3.58. The lowest BCUT2D eigenvalue weighted by molar-refractivity contribution is -0.139. The van der Waals surface area contributed by atoms with Gasteiger partial charge >= 0.3 is 5.97 Å². The van der Waals surface area contributed by atoms with Crippen molar-refractivity contribution in [2.24, 2.45) is 5.73 Å². The van der Waals surface area contributed by atoms with Crippen LogP contribution < -0.4 is 10.5 Å². The number of benzene rings is 1. The largest absolute Gasteiger partial charge is 0.497 e. The molecule has 0 aliphatic carbocycles. The molecule has 0 spiro atoms. The zero-order valence-corrected chi connectivity index (χ0v) is 17.2. The Morgan fingerprint density at radius 3 is 2.79 bits per heavy atom. The van der Waals surface area contributed by atoms with Crippen LogP contribution in [0.25, 0.3) is 10.9 Å². The SMILES string of the molecule is CCOC(=O)C1=C(CCl)OC(N)=C(C#N)[C@@H]1c1cc2ccc(OC)cc2nc1Cl. The summed E-state index contributed by atoms with van der Waals surface area (Å²) in [5, 5.41) is 10.5. The number of nitriles is 1. The number of hydrogen-bond acceptors (Lipinski definition) is 7. The van der Waals surface area contributed by atoms with Gasteiger partial charge in [-0.3, -0.25) is 0 Å². The van der Waals surface area contributed by atoms with Gasteiger partial charge in [0.05, 0.1) is 36.6 Å². The molecule has 0 radical (unpaired) electrons. The Bertz CT molecular complexity index is 1090. The Morgan fingerprint density at radius 1 is 1.41 bits per heavy atom. The molecule has 1 aliphatic heterocycles. The molecule has 0 saturated heterocycles. The van der Waals surface area contributed by atoms with Gasteiger partial charge in [-0.05, 0) is 25.1 Å². The van der Waals surface area contributed by atoms with Crippen molar-refractivity contribution in [3.63, 3.8) is 0 Å². The molecule has 1 aliphatic rings. The van der Waals surface area contributed by atoms with Crippen molar-refractivity contribution in [2.75, 3.05) is 19.6 Å². The van der Waals surface area contributed by atoms with Gasteiger partial charge in [-0.2, -0.15) is 5.26 Å². The number of alkyl halides is 1. The van der Waals surface area contributed by atoms with Gasteiger partial charge in [0.1, 0.15) is 28.3 Å². The lowest BCUT2D eigenvalue weighted by Gasteiger charge is -2.27. The molecule has 150 valence electrons. The van der Waals surface area contributed by atoms with Gasteiger partial charge in [0, 0.05) is 17.0 Å². The maximum absolute atomic E-state index is 12.7. The number of hydrogen-bond donors (Lipinski definition) is 1. The highest BCUT2D eigenvalue weighted by atomic mass is 35.5. The molecule has 1 aromatic heterocycles. The minimum atomic E-state index is -0.923. The number of allylic oxidation sites excluding steroid dienone is 2. The Balaban J connectivity index is 2.26. The number of esters is 1. The van der Waals surface area contributed by atoms with Gasteiger partial charge < -0.3 is 19.9 Å². The van der Waals surface area contributed by atoms with Crippen molar-refractivity contribution in [2.45, 2.75) is 12.8 Å². The quantitative estimate of drug-likeness (QED) is 0.434. The first kappa shape index (κ1) is 20.8. The number of nitrogens with zero attached hydrogens (tertiary/aromatic N) is 2. The van der Waals surface area contributed by atoms with E-state index in [4.69, 9.17) is 43.1 Å². The van der Waals surface area contributed by atoms with E-state index >= 15 is 0 Å². The number of carbonyl (C=O) groups excluding carboxylic acids is 1. The monoisotopic (exact) mass is 433 g/mol. The molecule has 2 N–H and O–H groups in total. The van der Waals surface area contributed by atoms with E-state index < -0.39 is 11.9 Å². The average Bonchev–Trinajstić information content (AvgIpc) is 2.72. The van der Waals surface area contributed by atoms with Crippen LogP contribution >= 0.6 is 23.2 Å². The van der Waals surface area contributed by atoms with Gasteiger partial charge in [-0.15, -0.1) is 11.6 Å². The van der Waals surface area contributed by atoms with Crippen LogP contribution in [0.5, 0.6) is 5.75 Å². The number of ether oxygens (including phenoxy) is 3. The summed E-state index contributed by atoms with van der Waals surface area (Å²) in [5.41, 5.74) is 7.04. The van der Waals surface area contributed by atoms with Crippen LogP contribution in [-0.2, 0) is 14.3 Å². The topological polar surface area (TPSA) is 107 Å². The summed E-state index contributed by atoms with van der Waals surface area (Å²) in [6.07, 6.45) is 0. The predicted octanol–water partition coefficient (Wildman–Crippen LogP) is 3.76. The van der Waals surface area contributed by atoms with E-state index in [0.717, 1.165) is 5.39 Å². The highest BCUT2D eigenvalue weighted by Crippen LogP contribution is 2.43. The van der Waals surface area contributed by atoms with Crippen LogP contribution in [0, 0.1) is 11.3 Å². The van der Waals surface area contributed by atoms with Crippen molar-refractivity contribution >= 4 is 40.1 Å². The van der Waals surface area contributed by atoms with E-state index in [0.29, 0.717) is 16.8 Å². The normalized spacial score (nSPS) is 16.4. The first-order valence-corrected chi connectivity index (χ1v) is 9.54. The number of aromatic nitrogens is 1. The number of nitrogens with two attached hydrogens (primary N) is 1. The molecule has 29 heavy (non-hydrogen) atoms. The molecule has 2 aromatic rings. The highest BCUT2D eigenvalue weighted by molar-refractivity contribution is 6.31. The van der Waals surface area contributed by atoms with Crippen LogP contribution in [0.2, 0.25) is 5.15 Å². The molecule has 1 aromatic carbocycles. The van der Waals surface area contributed by atoms with Crippen LogP contribution in [0.15, 0.2) is 47.1 Å². The summed E-state index contributed by atoms with van der Waals surface area (Å²) in [6.45, 7) is 1.81. The summed E-state index contributed by atoms with van der Waals surface area (Å²) < 4.78 is 15.8. The van der Waals surface area contributed by atoms with Gasteiger partial charge in [-0.1, -0.05) is 11.6 Å². The summed E-state index contributed by atoms with van der Waals surface area (Å²) in [5.74, 6) is -1.14. The fourth-order valence-electron chi connectivity index (χ4n) is 3.13. The second-order valence-electron chi connectivity index (χ2n) is 6.04. The Kier molecular flexibility index (Phi) is 6.16. The molecule has 1 atom stereocenters. The minimum Gasteiger partial charge on any atom is -0.497 e. The van der Waals surface area contributed by atoms with Gasteiger partial charge in [-0.25, -0.2) is 9.78 Å². The number of halogens is 2. The standard InChI is InChI=1S/C20H17Cl2N3O4/c1-3-28-20(26)17-15(8-21)29-19(24)13(9-23)16(17)12-6-10-4-5-11(27-2)7-14(10)25-18(12)22/h4-7,16H,3,8,24H2,1-2H3/t16-/m0/s1. The Morgan fingerprint density at radius 2 is 2.17 bits per heavy atom. The molecule has 0 bridgehead atoms. The summed E-state index contributed by atoms with van der Waals surface area (Å²) >= 11 is 12.4. The molecule has 9 heteroatoms. The third-order valence-corrected chi connectivity index (χ3v) is 4.98. The summed E-state index contributed by atoms with van der Waals surface area (Å²) in [7, 11) is 1.55. The molecule has 3 rings (SSSR count). The first-order chi connectivity index (χ1) is 13.9. The number of pyridine rings is 1. The lowest BCUT2D eigenvalue weighted by atomic mass is 9.83. The van der Waals surface area contributed by atoms with Gasteiger partial charge in [0.25, 0.3) is 0 Å². The van der Waals surface area contributed by atoms with Crippen LogP contribution in [0.4, 0.5) is 0 Å². The van der Waals surface area contributed by atoms with Crippen molar-refractivity contribution in [3.05, 3.63) is 57.8 Å². The van der Waals surface area contributed by atoms with Crippen LogP contribution in [0.3, 0.4) is 0 Å². The predicted molar refractivity (Wildman–Crippen MR) is 108 cm³/mol. The van der Waals surface area contributed by atoms with E-state index in [1.165, 1.54) is 0 Å². The second-order valence-corrected chi connectivity index (χ2v) is 6.67. The van der Waals surface area contributed by atoms with E-state index in [-0.39, 0.29) is 40.4 Å². The molecule has 0 unspecified atom stereocenters. The molecule has 0 saturated carbocycles. The van der Waals surface area contributed by atoms with Crippen molar-refractivity contribution in [3.8, 4) is 11.8 Å². The fraction of sp³-hybridized carbons (Fsp3) is 0.250. The van der Waals surface area contributed by atoms with Crippen molar-refractivity contribution < 1.29 is 19.0 Å². The van der Waals surface area contributed by atoms with E-state index in [1.54, 1.807) is 38.3 Å². The third-order valence-electron chi connectivity index (χ3n) is 4.43. The molecule has 0 amide bonds. The average molecular weight is 434 g/mol. The van der Waals surface area contributed by atoms with Crippen molar-refractivity contribution in [1.82, 2.24) is 4.98 Å².